The molecule has 2 aromatic rings. The maximum Gasteiger partial charge on any atom is 0.229 e. The van der Waals surface area contributed by atoms with Crippen molar-refractivity contribution in [2.24, 2.45) is 5.92 Å². The second-order valence-corrected chi connectivity index (χ2v) is 6.72. The maximum atomic E-state index is 12.9. The van der Waals surface area contributed by atoms with E-state index in [-0.39, 0.29) is 30.0 Å². The molecule has 4 nitrogen and oxygen atoms in total. The Hall–Kier alpha value is -2.21. The van der Waals surface area contributed by atoms with Crippen LogP contribution in [0.4, 0.5) is 10.1 Å². The van der Waals surface area contributed by atoms with E-state index in [2.05, 4.69) is 21.2 Å². The van der Waals surface area contributed by atoms with Crippen LogP contribution >= 0.6 is 15.9 Å². The zero-order valence-electron chi connectivity index (χ0n) is 12.8. The van der Waals surface area contributed by atoms with Gasteiger partial charge in [0.2, 0.25) is 11.8 Å². The van der Waals surface area contributed by atoms with Crippen molar-refractivity contribution in [1.82, 2.24) is 4.90 Å². The highest BCUT2D eigenvalue weighted by Crippen LogP contribution is 2.23. The first kappa shape index (κ1) is 16.6. The van der Waals surface area contributed by atoms with Crippen molar-refractivity contribution in [3.05, 3.63) is 64.4 Å². The summed E-state index contributed by atoms with van der Waals surface area (Å²) in [6, 6.07) is 13.4. The Labute approximate surface area is 147 Å². The molecule has 1 fully saturated rings. The van der Waals surface area contributed by atoms with Gasteiger partial charge in [0.25, 0.3) is 0 Å². The van der Waals surface area contributed by atoms with Crippen LogP contribution in [0, 0.1) is 11.7 Å². The van der Waals surface area contributed by atoms with Gasteiger partial charge in [0.15, 0.2) is 0 Å². The lowest BCUT2D eigenvalue weighted by Crippen LogP contribution is -2.28. The van der Waals surface area contributed by atoms with E-state index in [9.17, 15) is 14.0 Å². The Kier molecular flexibility index (Phi) is 4.94. The van der Waals surface area contributed by atoms with Crippen molar-refractivity contribution >= 4 is 33.4 Å². The average molecular weight is 391 g/mol. The minimum Gasteiger partial charge on any atom is -0.338 e. The lowest BCUT2D eigenvalue weighted by Gasteiger charge is -2.16. The number of rotatable bonds is 4. The Bertz CT molecular complexity index is 764. The third-order valence-electron chi connectivity index (χ3n) is 3.96. The minimum atomic E-state index is -0.378. The fourth-order valence-corrected chi connectivity index (χ4v) is 3.12. The Morgan fingerprint density at radius 3 is 2.71 bits per heavy atom. The largest absolute Gasteiger partial charge is 0.338 e. The second-order valence-electron chi connectivity index (χ2n) is 5.80. The van der Waals surface area contributed by atoms with Crippen LogP contribution in [0.5, 0.6) is 0 Å². The Morgan fingerprint density at radius 2 is 2.00 bits per heavy atom. The number of benzene rings is 2. The topological polar surface area (TPSA) is 49.4 Å². The van der Waals surface area contributed by atoms with Crippen LogP contribution in [0.2, 0.25) is 0 Å². The second kappa shape index (κ2) is 7.13. The number of likely N-dealkylation sites (tertiary alicyclic amines) is 1. The quantitative estimate of drug-likeness (QED) is 0.867. The third kappa shape index (κ3) is 4.00. The standard InChI is InChI=1S/C18H16BrFN2O2/c19-14-2-1-3-16(9-14)21-18(24)13-8-17(23)22(11-13)10-12-4-6-15(20)7-5-12/h1-7,9,13H,8,10-11H2,(H,21,24). The number of halogens is 2. The molecule has 0 saturated carbocycles. The molecule has 0 aliphatic carbocycles. The molecule has 1 aliphatic rings. The SMILES string of the molecule is O=C(Nc1cccc(Br)c1)C1CC(=O)N(Cc2ccc(F)cc2)C1. The molecule has 1 heterocycles. The van der Waals surface area contributed by atoms with Crippen LogP contribution in [-0.2, 0) is 16.1 Å². The third-order valence-corrected chi connectivity index (χ3v) is 4.46. The van der Waals surface area contributed by atoms with E-state index in [4.69, 9.17) is 0 Å². The molecule has 0 bridgehead atoms. The Balaban J connectivity index is 1.61. The van der Waals surface area contributed by atoms with Crippen LogP contribution in [0.25, 0.3) is 0 Å². The fraction of sp³-hybridized carbons (Fsp3) is 0.222. The summed E-state index contributed by atoms with van der Waals surface area (Å²) in [5.41, 5.74) is 1.54. The first-order valence-electron chi connectivity index (χ1n) is 7.60. The first-order chi connectivity index (χ1) is 11.5. The summed E-state index contributed by atoms with van der Waals surface area (Å²) in [5, 5.41) is 2.84. The predicted octanol–water partition coefficient (Wildman–Crippen LogP) is 3.58. The summed E-state index contributed by atoms with van der Waals surface area (Å²) in [7, 11) is 0. The number of carbonyl (C=O) groups excluding carboxylic acids is 2. The van der Waals surface area contributed by atoms with Gasteiger partial charge in [-0.1, -0.05) is 34.1 Å². The van der Waals surface area contributed by atoms with Crippen molar-refractivity contribution in [1.29, 1.82) is 0 Å². The molecule has 3 rings (SSSR count). The van der Waals surface area contributed by atoms with Gasteiger partial charge in [-0.25, -0.2) is 4.39 Å². The number of amides is 2. The van der Waals surface area contributed by atoms with E-state index in [1.165, 1.54) is 12.1 Å². The van der Waals surface area contributed by atoms with Crippen LogP contribution in [-0.4, -0.2) is 23.3 Å². The molecule has 1 unspecified atom stereocenters. The summed E-state index contributed by atoms with van der Waals surface area (Å²) in [6.07, 6.45) is 0.195. The number of nitrogens with zero attached hydrogens (tertiary/aromatic N) is 1. The molecule has 0 spiro atoms. The molecule has 124 valence electrons. The van der Waals surface area contributed by atoms with Gasteiger partial charge in [0.05, 0.1) is 5.92 Å². The van der Waals surface area contributed by atoms with Crippen molar-refractivity contribution < 1.29 is 14.0 Å². The summed E-state index contributed by atoms with van der Waals surface area (Å²) in [4.78, 5) is 26.1. The van der Waals surface area contributed by atoms with E-state index in [1.54, 1.807) is 23.1 Å². The number of hydrogen-bond donors (Lipinski definition) is 1. The van der Waals surface area contributed by atoms with Gasteiger partial charge in [-0.15, -0.1) is 0 Å². The van der Waals surface area contributed by atoms with E-state index >= 15 is 0 Å². The molecular formula is C18H16BrFN2O2. The van der Waals surface area contributed by atoms with Crippen LogP contribution in [0.3, 0.4) is 0 Å². The molecule has 0 radical (unpaired) electrons. The van der Waals surface area contributed by atoms with E-state index in [0.717, 1.165) is 10.0 Å². The molecule has 1 aliphatic heterocycles. The van der Waals surface area contributed by atoms with Crippen molar-refractivity contribution in [2.45, 2.75) is 13.0 Å². The molecule has 1 atom stereocenters. The van der Waals surface area contributed by atoms with Gasteiger partial charge in [-0.05, 0) is 35.9 Å². The molecule has 24 heavy (non-hydrogen) atoms. The smallest absolute Gasteiger partial charge is 0.229 e. The highest BCUT2D eigenvalue weighted by Gasteiger charge is 2.34. The predicted molar refractivity (Wildman–Crippen MR) is 92.7 cm³/mol. The zero-order valence-corrected chi connectivity index (χ0v) is 14.4. The number of hydrogen-bond acceptors (Lipinski definition) is 2. The van der Waals surface area contributed by atoms with Gasteiger partial charge in [-0.2, -0.15) is 0 Å². The first-order valence-corrected chi connectivity index (χ1v) is 8.39. The number of carbonyl (C=O) groups is 2. The highest BCUT2D eigenvalue weighted by molar-refractivity contribution is 9.10. The molecule has 1 saturated heterocycles. The van der Waals surface area contributed by atoms with Crippen molar-refractivity contribution in [3.63, 3.8) is 0 Å². The van der Waals surface area contributed by atoms with Crippen molar-refractivity contribution in [2.75, 3.05) is 11.9 Å². The summed E-state index contributed by atoms with van der Waals surface area (Å²) < 4.78 is 13.8. The molecule has 2 amide bonds. The van der Waals surface area contributed by atoms with Crippen molar-refractivity contribution in [3.8, 4) is 0 Å². The lowest BCUT2D eigenvalue weighted by atomic mass is 10.1. The summed E-state index contributed by atoms with van der Waals surface area (Å²) in [6.45, 7) is 0.760. The molecular weight excluding hydrogens is 375 g/mol. The summed E-state index contributed by atoms with van der Waals surface area (Å²) in [5.74, 6) is -0.911. The van der Waals surface area contributed by atoms with E-state index in [1.807, 2.05) is 18.2 Å². The van der Waals surface area contributed by atoms with Crippen LogP contribution in [0.1, 0.15) is 12.0 Å². The van der Waals surface area contributed by atoms with E-state index < -0.39 is 0 Å². The van der Waals surface area contributed by atoms with Crippen LogP contribution < -0.4 is 5.32 Å². The monoisotopic (exact) mass is 390 g/mol. The average Bonchev–Trinajstić information content (AvgIpc) is 2.91. The summed E-state index contributed by atoms with van der Waals surface area (Å²) >= 11 is 3.36. The van der Waals surface area contributed by atoms with Gasteiger partial charge in [0, 0.05) is 29.7 Å². The maximum absolute atomic E-state index is 12.9. The zero-order chi connectivity index (χ0) is 17.1. The van der Waals surface area contributed by atoms with Gasteiger partial charge in [0.1, 0.15) is 5.82 Å². The minimum absolute atomic E-state index is 0.0614. The lowest BCUT2D eigenvalue weighted by molar-refractivity contribution is -0.128. The van der Waals surface area contributed by atoms with E-state index in [0.29, 0.717) is 18.8 Å². The fourth-order valence-electron chi connectivity index (χ4n) is 2.72. The van der Waals surface area contributed by atoms with Gasteiger partial charge < -0.3 is 10.2 Å². The normalized spacial score (nSPS) is 17.2. The van der Waals surface area contributed by atoms with Gasteiger partial charge in [-0.3, -0.25) is 9.59 Å². The number of nitrogens with one attached hydrogen (secondary N) is 1. The van der Waals surface area contributed by atoms with Gasteiger partial charge >= 0.3 is 0 Å². The highest BCUT2D eigenvalue weighted by atomic mass is 79.9. The molecule has 1 N–H and O–H groups in total. The van der Waals surface area contributed by atoms with Crippen LogP contribution in [0.15, 0.2) is 53.0 Å². The Morgan fingerprint density at radius 1 is 1.25 bits per heavy atom. The molecule has 0 aromatic heterocycles. The molecule has 2 aromatic carbocycles. The molecule has 6 heteroatoms. The number of anilines is 1.